The number of nitrogens with one attached hydrogen (secondary N) is 1. The van der Waals surface area contributed by atoms with Gasteiger partial charge in [0.05, 0.1) is 31.2 Å². The van der Waals surface area contributed by atoms with Crippen molar-refractivity contribution in [3.63, 3.8) is 0 Å². The van der Waals surface area contributed by atoms with Gasteiger partial charge in [-0.2, -0.15) is 22.7 Å². The van der Waals surface area contributed by atoms with Crippen molar-refractivity contribution in [3.8, 4) is 23.0 Å². The molecule has 0 saturated carbocycles. The second-order valence-corrected chi connectivity index (χ2v) is 6.70. The number of halogens is 4. The molecule has 0 aliphatic rings. The van der Waals surface area contributed by atoms with E-state index < -0.39 is 29.4 Å². The number of methoxy groups -OCH3 is 2. The number of alkyl halides is 3. The summed E-state index contributed by atoms with van der Waals surface area (Å²) in [6.45, 7) is 0. The number of carbonyl (C=O) groups is 1. The lowest BCUT2D eigenvalue weighted by Gasteiger charge is -2.12. The van der Waals surface area contributed by atoms with E-state index in [9.17, 15) is 18.0 Å². The normalized spacial score (nSPS) is 11.6. The van der Waals surface area contributed by atoms with Crippen LogP contribution in [0.15, 0.2) is 41.0 Å². The molecular formula is C19H13ClF3N5O4. The van der Waals surface area contributed by atoms with Crippen LogP contribution in [0.3, 0.4) is 0 Å². The highest BCUT2D eigenvalue weighted by molar-refractivity contribution is 6.32. The zero-order valence-electron chi connectivity index (χ0n) is 16.4. The minimum absolute atomic E-state index is 0.101. The standard InChI is InChI=1S/C19H13ClF3N5O4/c1-30-13-8-14(31-2)10(6-9(13)20)24-17(29)16-26-18-25-11(12-4-3-5-32-12)7-15(19(21,22)23)28(18)27-16/h3-8H,1-2H3,(H,24,29). The van der Waals surface area contributed by atoms with E-state index in [2.05, 4.69) is 20.4 Å². The lowest BCUT2D eigenvalue weighted by molar-refractivity contribution is -0.142. The third kappa shape index (κ3) is 3.91. The second-order valence-electron chi connectivity index (χ2n) is 6.29. The van der Waals surface area contributed by atoms with E-state index in [1.165, 1.54) is 44.7 Å². The predicted octanol–water partition coefficient (Wildman–Crippen LogP) is 4.33. The number of hydrogen-bond acceptors (Lipinski definition) is 7. The third-order valence-electron chi connectivity index (χ3n) is 4.30. The number of anilines is 1. The fourth-order valence-corrected chi connectivity index (χ4v) is 3.09. The van der Waals surface area contributed by atoms with Crippen LogP contribution in [0.4, 0.5) is 18.9 Å². The Morgan fingerprint density at radius 2 is 1.91 bits per heavy atom. The molecule has 0 unspecified atom stereocenters. The molecule has 0 aliphatic heterocycles. The van der Waals surface area contributed by atoms with E-state index in [1.54, 1.807) is 0 Å². The first-order valence-electron chi connectivity index (χ1n) is 8.83. The second kappa shape index (κ2) is 8.04. The van der Waals surface area contributed by atoms with Gasteiger partial charge in [0.15, 0.2) is 11.5 Å². The van der Waals surface area contributed by atoms with Crippen molar-refractivity contribution in [1.29, 1.82) is 0 Å². The van der Waals surface area contributed by atoms with Gasteiger partial charge in [-0.1, -0.05) is 11.6 Å². The fraction of sp³-hybridized carbons (Fsp3) is 0.158. The molecular weight excluding hydrogens is 455 g/mol. The zero-order chi connectivity index (χ0) is 23.0. The first-order chi connectivity index (χ1) is 15.2. The van der Waals surface area contributed by atoms with E-state index in [0.717, 1.165) is 6.07 Å². The van der Waals surface area contributed by atoms with Gasteiger partial charge in [0, 0.05) is 6.07 Å². The van der Waals surface area contributed by atoms with Crippen molar-refractivity contribution < 1.29 is 31.9 Å². The van der Waals surface area contributed by atoms with E-state index in [1.807, 2.05) is 0 Å². The highest BCUT2D eigenvalue weighted by Crippen LogP contribution is 2.36. The lowest BCUT2D eigenvalue weighted by atomic mass is 10.2. The summed E-state index contributed by atoms with van der Waals surface area (Å²) in [5.74, 6) is -1.27. The Morgan fingerprint density at radius 1 is 1.16 bits per heavy atom. The Bertz CT molecular complexity index is 1300. The topological polar surface area (TPSA) is 104 Å². The summed E-state index contributed by atoms with van der Waals surface area (Å²) in [6, 6.07) is 6.51. The maximum Gasteiger partial charge on any atom is 0.433 e. The predicted molar refractivity (Wildman–Crippen MR) is 106 cm³/mol. The molecule has 1 N–H and O–H groups in total. The molecule has 0 bridgehead atoms. The molecule has 9 nitrogen and oxygen atoms in total. The summed E-state index contributed by atoms with van der Waals surface area (Å²) < 4.78 is 56.7. The van der Waals surface area contributed by atoms with Crippen molar-refractivity contribution in [3.05, 3.63) is 53.1 Å². The summed E-state index contributed by atoms with van der Waals surface area (Å²) in [7, 11) is 2.76. The molecule has 13 heteroatoms. The van der Waals surface area contributed by atoms with E-state index in [4.69, 9.17) is 25.5 Å². The number of aromatic nitrogens is 4. The van der Waals surface area contributed by atoms with Gasteiger partial charge < -0.3 is 19.2 Å². The first kappa shape index (κ1) is 21.4. The molecule has 166 valence electrons. The molecule has 0 fully saturated rings. The SMILES string of the molecule is COc1cc(OC)c(NC(=O)c2nc3nc(-c4ccco4)cc(C(F)(F)F)n3n2)cc1Cl. The van der Waals surface area contributed by atoms with E-state index >= 15 is 0 Å². The fourth-order valence-electron chi connectivity index (χ4n) is 2.85. The third-order valence-corrected chi connectivity index (χ3v) is 4.60. The molecule has 3 heterocycles. The molecule has 1 aromatic carbocycles. The molecule has 32 heavy (non-hydrogen) atoms. The lowest BCUT2D eigenvalue weighted by Crippen LogP contribution is -2.16. The summed E-state index contributed by atoms with van der Waals surface area (Å²) in [6.07, 6.45) is -3.50. The number of rotatable bonds is 5. The van der Waals surface area contributed by atoms with Gasteiger partial charge in [-0.15, -0.1) is 5.10 Å². The van der Waals surface area contributed by atoms with Crippen molar-refractivity contribution in [2.45, 2.75) is 6.18 Å². The summed E-state index contributed by atoms with van der Waals surface area (Å²) in [4.78, 5) is 20.6. The first-order valence-corrected chi connectivity index (χ1v) is 9.21. The van der Waals surface area contributed by atoms with Crippen LogP contribution in [0.5, 0.6) is 11.5 Å². The van der Waals surface area contributed by atoms with Gasteiger partial charge in [-0.05, 0) is 24.3 Å². The molecule has 0 saturated heterocycles. The minimum atomic E-state index is -4.79. The number of furan rings is 1. The van der Waals surface area contributed by atoms with E-state index in [-0.39, 0.29) is 27.9 Å². The molecule has 0 atom stereocenters. The van der Waals surface area contributed by atoms with Crippen LogP contribution in [0.2, 0.25) is 5.02 Å². The Labute approximate surface area is 182 Å². The summed E-state index contributed by atoms with van der Waals surface area (Å²) in [5, 5.41) is 6.33. The van der Waals surface area contributed by atoms with Crippen LogP contribution in [-0.2, 0) is 6.18 Å². The molecule has 4 aromatic rings. The molecule has 0 spiro atoms. The monoisotopic (exact) mass is 467 g/mol. The smallest absolute Gasteiger partial charge is 0.433 e. The Morgan fingerprint density at radius 3 is 2.53 bits per heavy atom. The average Bonchev–Trinajstić information content (AvgIpc) is 3.42. The summed E-state index contributed by atoms with van der Waals surface area (Å²) >= 11 is 6.08. The maximum atomic E-state index is 13.6. The van der Waals surface area contributed by atoms with Crippen molar-refractivity contribution in [2.24, 2.45) is 0 Å². The highest BCUT2D eigenvalue weighted by atomic mass is 35.5. The minimum Gasteiger partial charge on any atom is -0.495 e. The van der Waals surface area contributed by atoms with E-state index in [0.29, 0.717) is 10.3 Å². The Kier molecular flexibility index (Phi) is 5.38. The molecule has 4 rings (SSSR count). The highest BCUT2D eigenvalue weighted by Gasteiger charge is 2.36. The van der Waals surface area contributed by atoms with Crippen LogP contribution in [-0.4, -0.2) is 39.7 Å². The van der Waals surface area contributed by atoms with Gasteiger partial charge in [-0.25, -0.2) is 4.98 Å². The van der Waals surface area contributed by atoms with Crippen LogP contribution < -0.4 is 14.8 Å². The number of nitrogens with zero attached hydrogens (tertiary/aromatic N) is 4. The van der Waals surface area contributed by atoms with Gasteiger partial charge >= 0.3 is 6.18 Å². The number of amides is 1. The number of hydrogen-bond donors (Lipinski definition) is 1. The van der Waals surface area contributed by atoms with Gasteiger partial charge in [0.2, 0.25) is 5.82 Å². The van der Waals surface area contributed by atoms with Crippen LogP contribution in [0, 0.1) is 0 Å². The number of fused-ring (bicyclic) bond motifs is 1. The Hall–Kier alpha value is -3.80. The van der Waals surface area contributed by atoms with Crippen LogP contribution in [0.25, 0.3) is 17.2 Å². The largest absolute Gasteiger partial charge is 0.495 e. The maximum absolute atomic E-state index is 13.6. The van der Waals surface area contributed by atoms with Gasteiger partial charge in [-0.3, -0.25) is 4.79 Å². The van der Waals surface area contributed by atoms with Crippen LogP contribution in [0.1, 0.15) is 16.3 Å². The van der Waals surface area contributed by atoms with Crippen LogP contribution >= 0.6 is 11.6 Å². The molecule has 0 aliphatic carbocycles. The average molecular weight is 468 g/mol. The Balaban J connectivity index is 1.76. The van der Waals surface area contributed by atoms with Crippen molar-refractivity contribution >= 4 is 29.0 Å². The molecule has 0 radical (unpaired) electrons. The number of ether oxygens (including phenoxy) is 2. The number of benzene rings is 1. The van der Waals surface area contributed by atoms with Crippen molar-refractivity contribution in [1.82, 2.24) is 19.6 Å². The molecule has 3 aromatic heterocycles. The quantitative estimate of drug-likeness (QED) is 0.466. The van der Waals surface area contributed by atoms with Gasteiger partial charge in [0.25, 0.3) is 11.7 Å². The zero-order valence-corrected chi connectivity index (χ0v) is 17.2. The summed E-state index contributed by atoms with van der Waals surface area (Å²) in [5.41, 5.74) is -1.15. The number of carbonyl (C=O) groups excluding carboxylic acids is 1. The van der Waals surface area contributed by atoms with Gasteiger partial charge in [0.1, 0.15) is 17.2 Å². The molecule has 1 amide bonds. The van der Waals surface area contributed by atoms with Crippen molar-refractivity contribution in [2.75, 3.05) is 19.5 Å².